The number of halogens is 1. The number of H-pyrrole nitrogens is 2. The molecule has 8 nitrogen and oxygen atoms in total. The zero-order valence-electron chi connectivity index (χ0n) is 21.4. The molecule has 0 saturated carbocycles. The van der Waals surface area contributed by atoms with Crippen LogP contribution in [0.15, 0.2) is 67.4 Å². The van der Waals surface area contributed by atoms with E-state index in [4.69, 9.17) is 0 Å². The highest BCUT2D eigenvalue weighted by atomic mass is 19.1. The van der Waals surface area contributed by atoms with Crippen LogP contribution in [0.25, 0.3) is 55.8 Å². The van der Waals surface area contributed by atoms with Gasteiger partial charge in [0, 0.05) is 40.4 Å². The number of aromatic amines is 2. The number of nitrogens with zero attached hydrogens (tertiary/aromatic N) is 6. The molecule has 1 fully saturated rings. The Morgan fingerprint density at radius 2 is 1.72 bits per heavy atom. The van der Waals surface area contributed by atoms with E-state index in [1.54, 1.807) is 43.1 Å². The molecule has 2 N–H and O–H groups in total. The molecule has 9 heteroatoms. The lowest BCUT2D eigenvalue weighted by Crippen LogP contribution is -2.20. The molecule has 0 bridgehead atoms. The normalized spacial score (nSPS) is 14.1. The van der Waals surface area contributed by atoms with Gasteiger partial charge in [-0.2, -0.15) is 5.10 Å². The molecule has 0 aliphatic carbocycles. The molecule has 6 aromatic rings. The van der Waals surface area contributed by atoms with Crippen molar-refractivity contribution in [1.29, 1.82) is 0 Å². The fourth-order valence-corrected chi connectivity index (χ4v) is 5.55. The molecule has 194 valence electrons. The summed E-state index contributed by atoms with van der Waals surface area (Å²) >= 11 is 0. The number of nitrogens with one attached hydrogen (secondary N) is 2. The van der Waals surface area contributed by atoms with E-state index in [9.17, 15) is 4.39 Å². The van der Waals surface area contributed by atoms with Crippen molar-refractivity contribution in [1.82, 2.24) is 40.0 Å². The summed E-state index contributed by atoms with van der Waals surface area (Å²) in [5, 5.41) is 9.48. The van der Waals surface area contributed by atoms with E-state index >= 15 is 0 Å². The first-order valence-electron chi connectivity index (χ1n) is 13.3. The van der Waals surface area contributed by atoms with Crippen molar-refractivity contribution in [2.24, 2.45) is 0 Å². The minimum absolute atomic E-state index is 0.236. The van der Waals surface area contributed by atoms with Gasteiger partial charge < -0.3 is 9.88 Å². The molecule has 0 radical (unpaired) electrons. The highest BCUT2D eigenvalue weighted by Crippen LogP contribution is 2.34. The van der Waals surface area contributed by atoms with E-state index in [0.29, 0.717) is 11.4 Å². The van der Waals surface area contributed by atoms with Gasteiger partial charge >= 0.3 is 0 Å². The summed E-state index contributed by atoms with van der Waals surface area (Å²) in [5.74, 6) is -0.236. The molecule has 1 aliphatic heterocycles. The van der Waals surface area contributed by atoms with Crippen molar-refractivity contribution in [3.05, 3.63) is 78.8 Å². The molecule has 1 aliphatic rings. The van der Waals surface area contributed by atoms with Crippen molar-refractivity contribution >= 4 is 21.8 Å². The highest BCUT2D eigenvalue weighted by Gasteiger charge is 2.17. The van der Waals surface area contributed by atoms with E-state index in [2.05, 4.69) is 46.1 Å². The van der Waals surface area contributed by atoms with Gasteiger partial charge in [-0.1, -0.05) is 0 Å². The summed E-state index contributed by atoms with van der Waals surface area (Å²) in [6, 6.07) is 11.2. The van der Waals surface area contributed by atoms with E-state index in [1.165, 1.54) is 25.9 Å². The van der Waals surface area contributed by atoms with Crippen LogP contribution >= 0.6 is 0 Å². The van der Waals surface area contributed by atoms with E-state index in [1.807, 2.05) is 18.2 Å². The predicted octanol–water partition coefficient (Wildman–Crippen LogP) is 5.79. The first kappa shape index (κ1) is 23.6. The van der Waals surface area contributed by atoms with Crippen LogP contribution in [0, 0.1) is 5.82 Å². The smallest absolute Gasteiger partial charge is 0.124 e. The first-order chi connectivity index (χ1) is 19.2. The van der Waals surface area contributed by atoms with Crippen molar-refractivity contribution in [3.8, 4) is 34.0 Å². The summed E-state index contributed by atoms with van der Waals surface area (Å²) in [6.07, 6.45) is 12.9. The van der Waals surface area contributed by atoms with Gasteiger partial charge in [-0.15, -0.1) is 0 Å². The summed E-state index contributed by atoms with van der Waals surface area (Å²) in [5.41, 5.74) is 7.27. The molecule has 7 rings (SSSR count). The minimum Gasteiger partial charge on any atom is -0.353 e. The zero-order chi connectivity index (χ0) is 26.2. The maximum Gasteiger partial charge on any atom is 0.124 e. The Morgan fingerprint density at radius 3 is 2.59 bits per heavy atom. The van der Waals surface area contributed by atoms with Crippen LogP contribution in [0.2, 0.25) is 0 Å². The number of benzene rings is 1. The van der Waals surface area contributed by atoms with Gasteiger partial charge in [-0.25, -0.2) is 4.39 Å². The van der Waals surface area contributed by atoms with Crippen molar-refractivity contribution < 1.29 is 4.39 Å². The van der Waals surface area contributed by atoms with Gasteiger partial charge in [-0.3, -0.25) is 25.0 Å². The molecular weight excluding hydrogens is 491 g/mol. The zero-order valence-corrected chi connectivity index (χ0v) is 21.4. The summed E-state index contributed by atoms with van der Waals surface area (Å²) in [6.45, 7) is 3.42. The Labute approximate surface area is 224 Å². The molecule has 1 saturated heterocycles. The van der Waals surface area contributed by atoms with Gasteiger partial charge in [0.1, 0.15) is 17.2 Å². The average molecular weight is 519 g/mol. The quantitative estimate of drug-likeness (QED) is 0.277. The van der Waals surface area contributed by atoms with Gasteiger partial charge in [0.2, 0.25) is 0 Å². The number of hydrogen-bond acceptors (Lipinski definition) is 6. The van der Waals surface area contributed by atoms with Crippen molar-refractivity contribution in [2.45, 2.75) is 25.7 Å². The second-order valence-corrected chi connectivity index (χ2v) is 10.1. The molecule has 0 atom stereocenters. The van der Waals surface area contributed by atoms with Crippen LogP contribution in [-0.2, 0) is 6.42 Å². The van der Waals surface area contributed by atoms with Crippen molar-refractivity contribution in [2.75, 3.05) is 19.6 Å². The highest BCUT2D eigenvalue weighted by molar-refractivity contribution is 6.00. The first-order valence-corrected chi connectivity index (χ1v) is 13.3. The van der Waals surface area contributed by atoms with Crippen LogP contribution < -0.4 is 0 Å². The van der Waals surface area contributed by atoms with Crippen LogP contribution in [0.1, 0.15) is 24.8 Å². The minimum atomic E-state index is -0.236. The van der Waals surface area contributed by atoms with Crippen LogP contribution in [0.5, 0.6) is 0 Å². The number of aromatic nitrogens is 7. The molecular formula is C30H27FN8. The SMILES string of the molecule is Fc1cc(CCCN2CCCC2)cc(-c2nccc3[nH]c(-c4n[nH]c5cnc(-c6cnccn6)cc45)cc23)c1. The number of fused-ring (bicyclic) bond motifs is 2. The van der Waals surface area contributed by atoms with Gasteiger partial charge in [0.25, 0.3) is 0 Å². The Kier molecular flexibility index (Phi) is 6.05. The standard InChI is InChI=1S/C30H27FN8/c31-21-13-19(4-3-11-39-9-1-2-10-39)12-20(14-21)29-22-16-26(36-24(22)5-6-34-29)30-23-15-25(28-17-32-7-8-33-28)35-18-27(23)37-38-30/h5-8,12-18,36H,1-4,9-11H2,(H,37,38). The van der Waals surface area contributed by atoms with Gasteiger partial charge in [0.15, 0.2) is 0 Å². The third-order valence-corrected chi connectivity index (χ3v) is 7.45. The lowest BCUT2D eigenvalue weighted by molar-refractivity contribution is 0.334. The van der Waals surface area contributed by atoms with E-state index < -0.39 is 0 Å². The number of rotatable bonds is 7. The van der Waals surface area contributed by atoms with Crippen LogP contribution in [0.4, 0.5) is 4.39 Å². The van der Waals surface area contributed by atoms with E-state index in [0.717, 1.165) is 69.4 Å². The molecule has 1 aromatic carbocycles. The maximum absolute atomic E-state index is 14.7. The van der Waals surface area contributed by atoms with Crippen LogP contribution in [-0.4, -0.2) is 59.7 Å². The number of pyridine rings is 2. The monoisotopic (exact) mass is 518 g/mol. The predicted molar refractivity (Wildman–Crippen MR) is 149 cm³/mol. The second kappa shape index (κ2) is 9.99. The largest absolute Gasteiger partial charge is 0.353 e. The molecule has 39 heavy (non-hydrogen) atoms. The van der Waals surface area contributed by atoms with Crippen LogP contribution in [0.3, 0.4) is 0 Å². The molecule has 0 spiro atoms. The summed E-state index contributed by atoms with van der Waals surface area (Å²) < 4.78 is 14.7. The Bertz CT molecular complexity index is 1770. The number of likely N-dealkylation sites (tertiary alicyclic amines) is 1. The summed E-state index contributed by atoms with van der Waals surface area (Å²) in [4.78, 5) is 23.7. The van der Waals surface area contributed by atoms with Crippen molar-refractivity contribution in [3.63, 3.8) is 0 Å². The Hall–Kier alpha value is -4.50. The molecule has 5 aromatic heterocycles. The molecule has 0 amide bonds. The second-order valence-electron chi connectivity index (χ2n) is 10.1. The number of hydrogen-bond donors (Lipinski definition) is 2. The average Bonchev–Trinajstić information content (AvgIpc) is 3.72. The third kappa shape index (κ3) is 4.66. The van der Waals surface area contributed by atoms with Gasteiger partial charge in [-0.05, 0) is 87.3 Å². The maximum atomic E-state index is 14.7. The fourth-order valence-electron chi connectivity index (χ4n) is 5.55. The van der Waals surface area contributed by atoms with Gasteiger partial charge in [0.05, 0.1) is 35.0 Å². The molecule has 0 unspecified atom stereocenters. The lowest BCUT2D eigenvalue weighted by Gasteiger charge is -2.14. The fraction of sp³-hybridized carbons (Fsp3) is 0.233. The lowest BCUT2D eigenvalue weighted by atomic mass is 10.0. The third-order valence-electron chi connectivity index (χ3n) is 7.45. The Balaban J connectivity index is 1.23. The number of aryl methyl sites for hydroxylation is 1. The topological polar surface area (TPSA) is 99.3 Å². The molecule has 6 heterocycles. The van der Waals surface area contributed by atoms with E-state index in [-0.39, 0.29) is 5.82 Å². The Morgan fingerprint density at radius 1 is 0.821 bits per heavy atom. The summed E-state index contributed by atoms with van der Waals surface area (Å²) in [7, 11) is 0.